The number of aliphatic hydroxyl groups is 1. The van der Waals surface area contributed by atoms with E-state index in [4.69, 9.17) is 0 Å². The van der Waals surface area contributed by atoms with E-state index in [2.05, 4.69) is 34.5 Å². The normalized spacial score (nSPS) is 20.6. The van der Waals surface area contributed by atoms with Gasteiger partial charge in [-0.15, -0.1) is 0 Å². The van der Waals surface area contributed by atoms with Crippen LogP contribution in [-0.4, -0.2) is 42.1 Å². The third-order valence-electron chi connectivity index (χ3n) is 6.91. The highest BCUT2D eigenvalue weighted by atomic mass is 16.3. The number of benzene rings is 2. The first-order valence-corrected chi connectivity index (χ1v) is 10.9. The van der Waals surface area contributed by atoms with Gasteiger partial charge in [-0.1, -0.05) is 67.1 Å². The van der Waals surface area contributed by atoms with Gasteiger partial charge < -0.3 is 10.4 Å². The maximum absolute atomic E-state index is 12.6. The number of carbonyl (C=O) groups is 1. The number of carbonyl (C=O) groups excluding carboxylic acids is 1. The quantitative estimate of drug-likeness (QED) is 0.756. The lowest BCUT2D eigenvalue weighted by molar-refractivity contribution is -0.123. The Morgan fingerprint density at radius 1 is 1.03 bits per heavy atom. The first-order valence-electron chi connectivity index (χ1n) is 10.9. The minimum absolute atomic E-state index is 0.120. The number of aliphatic hydroxyl groups excluding tert-OH is 1. The highest BCUT2D eigenvalue weighted by Crippen LogP contribution is 2.43. The molecule has 0 spiro atoms. The van der Waals surface area contributed by atoms with Gasteiger partial charge in [-0.3, -0.25) is 9.69 Å². The van der Waals surface area contributed by atoms with Crippen LogP contribution in [0.5, 0.6) is 0 Å². The number of nitrogens with one attached hydrogen (secondary N) is 1. The van der Waals surface area contributed by atoms with Crippen LogP contribution in [0.15, 0.2) is 60.7 Å². The van der Waals surface area contributed by atoms with Crippen molar-refractivity contribution in [1.29, 1.82) is 0 Å². The number of piperidine rings is 1. The minimum atomic E-state index is -0.406. The van der Waals surface area contributed by atoms with Gasteiger partial charge in [0.2, 0.25) is 5.91 Å². The zero-order valence-corrected chi connectivity index (χ0v) is 17.1. The van der Waals surface area contributed by atoms with Crippen LogP contribution in [0.2, 0.25) is 0 Å². The topological polar surface area (TPSA) is 52.6 Å². The summed E-state index contributed by atoms with van der Waals surface area (Å²) in [5.41, 5.74) is 2.47. The summed E-state index contributed by atoms with van der Waals surface area (Å²) in [5, 5.41) is 13.8. The average Bonchev–Trinajstić information content (AvgIpc) is 2.74. The van der Waals surface area contributed by atoms with Crippen molar-refractivity contribution in [1.82, 2.24) is 10.2 Å². The van der Waals surface area contributed by atoms with Crippen LogP contribution in [0, 0.1) is 5.92 Å². The van der Waals surface area contributed by atoms with Crippen LogP contribution in [-0.2, 0) is 10.2 Å². The molecule has 4 heteroatoms. The van der Waals surface area contributed by atoms with Crippen molar-refractivity contribution in [3.8, 4) is 0 Å². The zero-order valence-electron chi connectivity index (χ0n) is 17.1. The van der Waals surface area contributed by atoms with E-state index in [9.17, 15) is 9.90 Å². The van der Waals surface area contributed by atoms with E-state index in [1.807, 2.05) is 36.4 Å². The van der Waals surface area contributed by atoms with Crippen molar-refractivity contribution >= 4 is 5.91 Å². The lowest BCUT2D eigenvalue weighted by Gasteiger charge is -2.43. The monoisotopic (exact) mass is 392 g/mol. The Morgan fingerprint density at radius 3 is 2.24 bits per heavy atom. The second-order valence-corrected chi connectivity index (χ2v) is 8.75. The summed E-state index contributed by atoms with van der Waals surface area (Å²) in [4.78, 5) is 14.8. The number of hydrogen-bond acceptors (Lipinski definition) is 3. The molecule has 1 aliphatic carbocycles. The molecule has 1 aliphatic heterocycles. The molecule has 2 aromatic rings. The molecular weight excluding hydrogens is 360 g/mol. The molecule has 2 aliphatic rings. The molecule has 0 aromatic heterocycles. The molecular formula is C25H32N2O2. The zero-order chi connectivity index (χ0) is 20.1. The number of rotatable bonds is 7. The molecule has 0 radical (unpaired) electrons. The third-order valence-corrected chi connectivity index (χ3v) is 6.91. The second kappa shape index (κ2) is 9.10. The average molecular weight is 393 g/mol. The highest BCUT2D eigenvalue weighted by Gasteiger charge is 2.38. The summed E-state index contributed by atoms with van der Waals surface area (Å²) in [6.07, 6.45) is 4.99. The van der Waals surface area contributed by atoms with E-state index >= 15 is 0 Å². The summed E-state index contributed by atoms with van der Waals surface area (Å²) in [6, 6.07) is 20.5. The van der Waals surface area contributed by atoms with Crippen molar-refractivity contribution in [2.75, 3.05) is 26.2 Å². The number of nitrogens with zero attached hydrogens (tertiary/aromatic N) is 1. The Morgan fingerprint density at radius 2 is 1.66 bits per heavy atom. The largest absolute Gasteiger partial charge is 0.388 e. The van der Waals surface area contributed by atoms with Gasteiger partial charge in [-0.25, -0.2) is 0 Å². The lowest BCUT2D eigenvalue weighted by Crippen LogP contribution is -2.48. The predicted molar refractivity (Wildman–Crippen MR) is 116 cm³/mol. The Bertz CT molecular complexity index is 781. The van der Waals surface area contributed by atoms with E-state index < -0.39 is 6.10 Å². The van der Waals surface area contributed by atoms with E-state index in [-0.39, 0.29) is 17.2 Å². The van der Waals surface area contributed by atoms with Gasteiger partial charge in [0.1, 0.15) is 0 Å². The Balaban J connectivity index is 1.23. The molecule has 154 valence electrons. The SMILES string of the molecule is O=C(CN1CCC(C(O)c2ccccc2)CC1)NCC1(c2ccccc2)CCC1. The molecule has 2 N–H and O–H groups in total. The summed E-state index contributed by atoms with van der Waals surface area (Å²) < 4.78 is 0. The maximum Gasteiger partial charge on any atom is 0.234 e. The Hall–Kier alpha value is -2.17. The molecule has 1 saturated carbocycles. The molecule has 1 amide bonds. The summed E-state index contributed by atoms with van der Waals surface area (Å²) >= 11 is 0. The van der Waals surface area contributed by atoms with E-state index in [1.165, 1.54) is 12.0 Å². The fourth-order valence-electron chi connectivity index (χ4n) is 4.84. The van der Waals surface area contributed by atoms with Gasteiger partial charge >= 0.3 is 0 Å². The van der Waals surface area contributed by atoms with Crippen molar-refractivity contribution in [2.45, 2.75) is 43.6 Å². The first-order chi connectivity index (χ1) is 14.2. The van der Waals surface area contributed by atoms with Crippen molar-refractivity contribution in [3.63, 3.8) is 0 Å². The summed E-state index contributed by atoms with van der Waals surface area (Å²) in [5.74, 6) is 0.391. The van der Waals surface area contributed by atoms with Crippen LogP contribution in [0.3, 0.4) is 0 Å². The van der Waals surface area contributed by atoms with Crippen LogP contribution in [0.4, 0.5) is 0 Å². The van der Waals surface area contributed by atoms with Gasteiger partial charge in [0.05, 0.1) is 12.6 Å². The number of amides is 1. The number of likely N-dealkylation sites (tertiary alicyclic amines) is 1. The van der Waals surface area contributed by atoms with E-state index in [0.717, 1.165) is 50.9 Å². The molecule has 4 rings (SSSR count). The molecule has 29 heavy (non-hydrogen) atoms. The van der Waals surface area contributed by atoms with Gasteiger partial charge in [0, 0.05) is 12.0 Å². The van der Waals surface area contributed by atoms with E-state index in [1.54, 1.807) is 0 Å². The fourth-order valence-corrected chi connectivity index (χ4v) is 4.84. The standard InChI is InChI=1S/C25H32N2O2/c28-23(26-19-25(14-7-15-25)22-10-5-2-6-11-22)18-27-16-12-21(13-17-27)24(29)20-8-3-1-4-9-20/h1-6,8-11,21,24,29H,7,12-19H2,(H,26,28). The molecule has 2 fully saturated rings. The Labute approximate surface area is 173 Å². The molecule has 1 atom stereocenters. The summed E-state index contributed by atoms with van der Waals surface area (Å²) in [7, 11) is 0. The second-order valence-electron chi connectivity index (χ2n) is 8.75. The van der Waals surface area contributed by atoms with Crippen LogP contribution < -0.4 is 5.32 Å². The molecule has 4 nitrogen and oxygen atoms in total. The van der Waals surface area contributed by atoms with Crippen molar-refractivity contribution in [3.05, 3.63) is 71.8 Å². The lowest BCUT2D eigenvalue weighted by atomic mass is 9.64. The van der Waals surface area contributed by atoms with Crippen molar-refractivity contribution < 1.29 is 9.90 Å². The third kappa shape index (κ3) is 4.71. The molecule has 1 saturated heterocycles. The predicted octanol–water partition coefficient (Wildman–Crippen LogP) is 3.67. The van der Waals surface area contributed by atoms with Gasteiger partial charge in [0.25, 0.3) is 0 Å². The number of hydrogen-bond donors (Lipinski definition) is 2. The summed E-state index contributed by atoms with van der Waals surface area (Å²) in [6.45, 7) is 2.93. The van der Waals surface area contributed by atoms with Crippen LogP contribution in [0.1, 0.15) is 49.3 Å². The molecule has 2 aromatic carbocycles. The molecule has 1 heterocycles. The first kappa shape index (κ1) is 20.1. The van der Waals surface area contributed by atoms with Crippen LogP contribution in [0.25, 0.3) is 0 Å². The van der Waals surface area contributed by atoms with Gasteiger partial charge in [0.15, 0.2) is 0 Å². The minimum Gasteiger partial charge on any atom is -0.388 e. The van der Waals surface area contributed by atoms with E-state index in [0.29, 0.717) is 6.54 Å². The van der Waals surface area contributed by atoms with Gasteiger partial charge in [-0.2, -0.15) is 0 Å². The van der Waals surface area contributed by atoms with Crippen LogP contribution >= 0.6 is 0 Å². The van der Waals surface area contributed by atoms with Gasteiger partial charge in [-0.05, 0) is 55.8 Å². The smallest absolute Gasteiger partial charge is 0.234 e. The fraction of sp³-hybridized carbons (Fsp3) is 0.480. The Kier molecular flexibility index (Phi) is 6.31. The molecule has 1 unspecified atom stereocenters. The highest BCUT2D eigenvalue weighted by molar-refractivity contribution is 5.78. The van der Waals surface area contributed by atoms with Crippen molar-refractivity contribution in [2.24, 2.45) is 5.92 Å². The molecule has 0 bridgehead atoms. The maximum atomic E-state index is 12.6.